The van der Waals surface area contributed by atoms with E-state index in [0.717, 1.165) is 44.1 Å². The predicted molar refractivity (Wildman–Crippen MR) is 90.4 cm³/mol. The minimum Gasteiger partial charge on any atom is -0.497 e. The van der Waals surface area contributed by atoms with E-state index in [2.05, 4.69) is 12.2 Å². The first-order valence-electron chi connectivity index (χ1n) is 8.26. The molecular weight excluding hydrogens is 292 g/mol. The molecule has 0 unspecified atom stereocenters. The molecule has 2 rings (SSSR count). The van der Waals surface area contributed by atoms with Crippen molar-refractivity contribution in [1.82, 2.24) is 0 Å². The molecule has 0 bridgehead atoms. The number of hydrogen-bond acceptors (Lipinski definition) is 4. The highest BCUT2D eigenvalue weighted by Crippen LogP contribution is 2.31. The fraction of sp³-hybridized carbons (Fsp3) is 0.526. The monoisotopic (exact) mass is 318 g/mol. The van der Waals surface area contributed by atoms with E-state index in [1.54, 1.807) is 20.3 Å². The lowest BCUT2D eigenvalue weighted by Gasteiger charge is -2.17. The molecular formula is C19H26O4. The fourth-order valence-electron chi connectivity index (χ4n) is 2.82. The van der Waals surface area contributed by atoms with Crippen molar-refractivity contribution in [3.05, 3.63) is 35.4 Å². The second kappa shape index (κ2) is 8.61. The van der Waals surface area contributed by atoms with E-state index in [0.29, 0.717) is 17.1 Å². The Bertz CT molecular complexity index is 563. The van der Waals surface area contributed by atoms with E-state index >= 15 is 0 Å². The molecule has 1 aliphatic heterocycles. The third kappa shape index (κ3) is 4.75. The number of carbonyl (C=O) groups is 1. The minimum atomic E-state index is -0.310. The van der Waals surface area contributed by atoms with Gasteiger partial charge in [-0.1, -0.05) is 12.2 Å². The molecule has 4 heteroatoms. The van der Waals surface area contributed by atoms with Crippen LogP contribution in [-0.2, 0) is 11.2 Å². The molecule has 1 heterocycles. The Morgan fingerprint density at radius 1 is 1.09 bits per heavy atom. The standard InChI is InChI=1S/C19H26O4/c1-14-10-8-6-4-5-7-9-11-15-12-16(21-2)13-17(22-3)18(15)19(20)23-14/h5,7,12-14H,4,6,8-11H2,1-3H3/b7-5-/t14-/m1/s1. The van der Waals surface area contributed by atoms with E-state index in [1.165, 1.54) is 0 Å². The van der Waals surface area contributed by atoms with Gasteiger partial charge in [-0.3, -0.25) is 0 Å². The highest BCUT2D eigenvalue weighted by molar-refractivity contribution is 5.94. The molecule has 0 saturated carbocycles. The van der Waals surface area contributed by atoms with Crippen molar-refractivity contribution < 1.29 is 19.0 Å². The molecule has 126 valence electrons. The summed E-state index contributed by atoms with van der Waals surface area (Å²) in [5.41, 5.74) is 1.43. The second-order valence-corrected chi connectivity index (χ2v) is 5.87. The molecule has 1 aliphatic rings. The lowest BCUT2D eigenvalue weighted by Crippen LogP contribution is -2.17. The molecule has 0 aliphatic carbocycles. The molecule has 0 N–H and O–H groups in total. The average Bonchev–Trinajstić information content (AvgIpc) is 2.56. The van der Waals surface area contributed by atoms with Crippen LogP contribution < -0.4 is 9.47 Å². The van der Waals surface area contributed by atoms with Crippen molar-refractivity contribution in [2.45, 2.75) is 51.6 Å². The van der Waals surface area contributed by atoms with Crippen LogP contribution in [0.2, 0.25) is 0 Å². The summed E-state index contributed by atoms with van der Waals surface area (Å²) in [5.74, 6) is 0.889. The molecule has 1 atom stereocenters. The van der Waals surface area contributed by atoms with Gasteiger partial charge in [-0.2, -0.15) is 0 Å². The predicted octanol–water partition coefficient (Wildman–Crippen LogP) is 4.31. The maximum atomic E-state index is 12.6. The third-order valence-corrected chi connectivity index (χ3v) is 4.10. The van der Waals surface area contributed by atoms with Crippen molar-refractivity contribution in [3.8, 4) is 11.5 Å². The SMILES string of the molecule is COc1cc2c(c(OC)c1)C(=O)O[C@H](C)CCCC/C=C\CC2. The third-order valence-electron chi connectivity index (χ3n) is 4.10. The summed E-state index contributed by atoms with van der Waals surface area (Å²) in [6.07, 6.45) is 10.1. The molecule has 0 amide bonds. The van der Waals surface area contributed by atoms with Gasteiger partial charge in [-0.05, 0) is 57.1 Å². The number of carbonyl (C=O) groups excluding carboxylic acids is 1. The van der Waals surface area contributed by atoms with Crippen LogP contribution >= 0.6 is 0 Å². The quantitative estimate of drug-likeness (QED) is 0.602. The lowest BCUT2D eigenvalue weighted by atomic mass is 10.0. The number of aryl methyl sites for hydroxylation is 1. The first kappa shape index (κ1) is 17.4. The number of methoxy groups -OCH3 is 2. The Morgan fingerprint density at radius 2 is 1.87 bits per heavy atom. The van der Waals surface area contributed by atoms with E-state index < -0.39 is 0 Å². The zero-order valence-electron chi connectivity index (χ0n) is 14.3. The van der Waals surface area contributed by atoms with Crippen molar-refractivity contribution >= 4 is 5.97 Å². The Kier molecular flexibility index (Phi) is 6.51. The summed E-state index contributed by atoms with van der Waals surface area (Å²) >= 11 is 0. The van der Waals surface area contributed by atoms with Gasteiger partial charge in [0, 0.05) is 6.07 Å². The number of hydrogen-bond donors (Lipinski definition) is 0. The highest BCUT2D eigenvalue weighted by atomic mass is 16.5. The Balaban J connectivity index is 2.39. The maximum absolute atomic E-state index is 12.6. The molecule has 4 nitrogen and oxygen atoms in total. The van der Waals surface area contributed by atoms with Crippen LogP contribution in [-0.4, -0.2) is 26.3 Å². The summed E-state index contributed by atoms with van der Waals surface area (Å²) in [4.78, 5) is 12.6. The molecule has 0 radical (unpaired) electrons. The molecule has 0 saturated heterocycles. The number of allylic oxidation sites excluding steroid dienone is 2. The Hall–Kier alpha value is -1.97. The van der Waals surface area contributed by atoms with Crippen molar-refractivity contribution in [3.63, 3.8) is 0 Å². The molecule has 0 fully saturated rings. The van der Waals surface area contributed by atoms with Gasteiger partial charge >= 0.3 is 5.97 Å². The van der Waals surface area contributed by atoms with Crippen molar-refractivity contribution in [2.24, 2.45) is 0 Å². The van der Waals surface area contributed by atoms with Crippen LogP contribution in [0.15, 0.2) is 24.3 Å². The van der Waals surface area contributed by atoms with E-state index in [-0.39, 0.29) is 12.1 Å². The van der Waals surface area contributed by atoms with Gasteiger partial charge in [-0.15, -0.1) is 0 Å². The largest absolute Gasteiger partial charge is 0.497 e. The second-order valence-electron chi connectivity index (χ2n) is 5.87. The van der Waals surface area contributed by atoms with Crippen LogP contribution in [0.4, 0.5) is 0 Å². The lowest BCUT2D eigenvalue weighted by molar-refractivity contribution is 0.0315. The number of ether oxygens (including phenoxy) is 3. The fourth-order valence-corrected chi connectivity index (χ4v) is 2.82. The smallest absolute Gasteiger partial charge is 0.342 e. The van der Waals surface area contributed by atoms with E-state index in [4.69, 9.17) is 14.2 Å². The van der Waals surface area contributed by atoms with Gasteiger partial charge < -0.3 is 14.2 Å². The maximum Gasteiger partial charge on any atom is 0.342 e. The van der Waals surface area contributed by atoms with Crippen LogP contribution in [0.5, 0.6) is 11.5 Å². The van der Waals surface area contributed by atoms with Gasteiger partial charge in [0.15, 0.2) is 0 Å². The van der Waals surface area contributed by atoms with Gasteiger partial charge in [0.25, 0.3) is 0 Å². The summed E-state index contributed by atoms with van der Waals surface area (Å²) in [7, 11) is 3.17. The number of fused-ring (bicyclic) bond motifs is 1. The summed E-state index contributed by atoms with van der Waals surface area (Å²) in [6.45, 7) is 1.95. The van der Waals surface area contributed by atoms with Crippen LogP contribution in [0.1, 0.15) is 54.9 Å². The first-order chi connectivity index (χ1) is 11.2. The molecule has 1 aromatic rings. The Labute approximate surface area is 138 Å². The zero-order chi connectivity index (χ0) is 16.7. The van der Waals surface area contributed by atoms with Crippen LogP contribution in [0.3, 0.4) is 0 Å². The van der Waals surface area contributed by atoms with Crippen molar-refractivity contribution in [2.75, 3.05) is 14.2 Å². The zero-order valence-corrected chi connectivity index (χ0v) is 14.3. The topological polar surface area (TPSA) is 44.8 Å². The van der Waals surface area contributed by atoms with Gasteiger partial charge in [0.2, 0.25) is 0 Å². The number of esters is 1. The van der Waals surface area contributed by atoms with E-state index in [1.807, 2.05) is 13.0 Å². The number of rotatable bonds is 2. The summed E-state index contributed by atoms with van der Waals surface area (Å²) in [6, 6.07) is 3.63. The average molecular weight is 318 g/mol. The van der Waals surface area contributed by atoms with Gasteiger partial charge in [0.1, 0.15) is 17.1 Å². The Morgan fingerprint density at radius 3 is 2.61 bits per heavy atom. The van der Waals surface area contributed by atoms with Gasteiger partial charge in [-0.25, -0.2) is 4.79 Å². The minimum absolute atomic E-state index is 0.0908. The van der Waals surface area contributed by atoms with Gasteiger partial charge in [0.05, 0.1) is 20.3 Å². The first-order valence-corrected chi connectivity index (χ1v) is 8.26. The molecule has 0 spiro atoms. The molecule has 1 aromatic carbocycles. The summed E-state index contributed by atoms with van der Waals surface area (Å²) in [5, 5.41) is 0. The van der Waals surface area contributed by atoms with Crippen molar-refractivity contribution in [1.29, 1.82) is 0 Å². The molecule has 23 heavy (non-hydrogen) atoms. The normalized spacial score (nSPS) is 21.0. The molecule has 0 aromatic heterocycles. The van der Waals surface area contributed by atoms with Crippen LogP contribution in [0, 0.1) is 0 Å². The number of benzene rings is 1. The highest BCUT2D eigenvalue weighted by Gasteiger charge is 2.22. The number of cyclic esters (lactones) is 1. The van der Waals surface area contributed by atoms with Crippen LogP contribution in [0.25, 0.3) is 0 Å². The summed E-state index contributed by atoms with van der Waals surface area (Å²) < 4.78 is 16.4. The van der Waals surface area contributed by atoms with E-state index in [9.17, 15) is 4.79 Å².